The molecule has 0 amide bonds. The van der Waals surface area contributed by atoms with Crippen LogP contribution in [0.25, 0.3) is 0 Å². The minimum atomic E-state index is -0.657. The number of carbonyl (C=O) groups excluding carboxylic acids is 1. The number of carbonyl (C=O) groups is 1. The van der Waals surface area contributed by atoms with Gasteiger partial charge in [0.05, 0.1) is 7.11 Å². The lowest BCUT2D eigenvalue weighted by atomic mass is 10.0. The van der Waals surface area contributed by atoms with E-state index in [1.165, 1.54) is 7.11 Å². The van der Waals surface area contributed by atoms with Gasteiger partial charge in [-0.25, -0.2) is 4.79 Å². The Morgan fingerprint density at radius 1 is 1.21 bits per heavy atom. The van der Waals surface area contributed by atoms with Gasteiger partial charge >= 0.3 is 5.97 Å². The van der Waals surface area contributed by atoms with Crippen LogP contribution in [0.2, 0.25) is 0 Å². The van der Waals surface area contributed by atoms with Crippen LogP contribution >= 0.6 is 0 Å². The lowest BCUT2D eigenvalue weighted by Gasteiger charge is -2.09. The number of hydrogen-bond donors (Lipinski definition) is 2. The van der Waals surface area contributed by atoms with Crippen molar-refractivity contribution in [1.82, 2.24) is 0 Å². The lowest BCUT2D eigenvalue weighted by Crippen LogP contribution is -2.04. The van der Waals surface area contributed by atoms with Crippen molar-refractivity contribution in [3.05, 3.63) is 22.8 Å². The highest BCUT2D eigenvalue weighted by molar-refractivity contribution is 5.95. The maximum absolute atomic E-state index is 11.2. The molecule has 1 rings (SSSR count). The zero-order valence-corrected chi connectivity index (χ0v) is 8.29. The molecule has 0 radical (unpaired) electrons. The predicted octanol–water partition coefficient (Wildman–Crippen LogP) is 1.50. The molecule has 76 valence electrons. The number of hydrogen-bond acceptors (Lipinski definition) is 4. The molecule has 14 heavy (non-hydrogen) atoms. The molecule has 0 spiro atoms. The summed E-state index contributed by atoms with van der Waals surface area (Å²) >= 11 is 0. The first-order chi connectivity index (χ1) is 6.49. The van der Waals surface area contributed by atoms with E-state index in [1.807, 2.05) is 0 Å². The van der Waals surface area contributed by atoms with E-state index in [2.05, 4.69) is 4.74 Å². The highest BCUT2D eigenvalue weighted by atomic mass is 16.5. The van der Waals surface area contributed by atoms with Gasteiger partial charge in [-0.05, 0) is 25.0 Å². The summed E-state index contributed by atoms with van der Waals surface area (Å²) in [4.78, 5) is 11.2. The second-order valence-electron chi connectivity index (χ2n) is 3.07. The summed E-state index contributed by atoms with van der Waals surface area (Å²) < 4.78 is 4.48. The quantitative estimate of drug-likeness (QED) is 0.527. The zero-order chi connectivity index (χ0) is 10.9. The number of phenols is 2. The zero-order valence-electron chi connectivity index (χ0n) is 8.29. The van der Waals surface area contributed by atoms with E-state index in [0.717, 1.165) is 0 Å². The molecule has 4 heteroatoms. The van der Waals surface area contributed by atoms with Gasteiger partial charge < -0.3 is 14.9 Å². The Balaban J connectivity index is 3.44. The molecular formula is C10H12O4. The summed E-state index contributed by atoms with van der Waals surface area (Å²) in [5, 5.41) is 18.9. The monoisotopic (exact) mass is 196 g/mol. The van der Waals surface area contributed by atoms with E-state index < -0.39 is 11.7 Å². The standard InChI is InChI=1S/C10H12O4/c1-5-4-6(2)8(11)9(12)7(5)10(13)14-3/h4,11-12H,1-3H3. The lowest BCUT2D eigenvalue weighted by molar-refractivity contribution is 0.0596. The van der Waals surface area contributed by atoms with Crippen LogP contribution in [0.3, 0.4) is 0 Å². The summed E-state index contributed by atoms with van der Waals surface area (Å²) in [6, 6.07) is 1.61. The number of rotatable bonds is 1. The van der Waals surface area contributed by atoms with Gasteiger partial charge in [0.1, 0.15) is 5.56 Å². The largest absolute Gasteiger partial charge is 0.504 e. The molecule has 0 aromatic heterocycles. The van der Waals surface area contributed by atoms with Crippen molar-refractivity contribution >= 4 is 5.97 Å². The van der Waals surface area contributed by atoms with Gasteiger partial charge in [-0.2, -0.15) is 0 Å². The van der Waals surface area contributed by atoms with Crippen molar-refractivity contribution in [3.63, 3.8) is 0 Å². The van der Waals surface area contributed by atoms with E-state index in [1.54, 1.807) is 19.9 Å². The Morgan fingerprint density at radius 3 is 2.29 bits per heavy atom. The molecule has 0 saturated carbocycles. The summed E-state index contributed by atoms with van der Waals surface area (Å²) in [5.74, 6) is -1.36. The van der Waals surface area contributed by atoms with Crippen LogP contribution < -0.4 is 0 Å². The fraction of sp³-hybridized carbons (Fsp3) is 0.300. The van der Waals surface area contributed by atoms with E-state index in [-0.39, 0.29) is 11.3 Å². The second kappa shape index (κ2) is 3.57. The number of benzene rings is 1. The van der Waals surface area contributed by atoms with Crippen molar-refractivity contribution < 1.29 is 19.7 Å². The third kappa shape index (κ3) is 1.51. The topological polar surface area (TPSA) is 66.8 Å². The number of aryl methyl sites for hydroxylation is 2. The molecule has 0 fully saturated rings. The van der Waals surface area contributed by atoms with Gasteiger partial charge in [0, 0.05) is 0 Å². The van der Waals surface area contributed by atoms with Crippen LogP contribution in [-0.2, 0) is 4.74 Å². The van der Waals surface area contributed by atoms with E-state index in [0.29, 0.717) is 11.1 Å². The Kier molecular flexibility index (Phi) is 2.65. The first kappa shape index (κ1) is 10.4. The maximum atomic E-state index is 11.2. The van der Waals surface area contributed by atoms with E-state index in [9.17, 15) is 15.0 Å². The number of methoxy groups -OCH3 is 1. The SMILES string of the molecule is COC(=O)c1c(C)cc(C)c(O)c1O. The minimum Gasteiger partial charge on any atom is -0.504 e. The molecule has 0 aliphatic rings. The predicted molar refractivity (Wildman–Crippen MR) is 50.6 cm³/mol. The Morgan fingerprint density at radius 2 is 1.79 bits per heavy atom. The fourth-order valence-corrected chi connectivity index (χ4v) is 1.32. The molecule has 0 atom stereocenters. The number of phenolic OH excluding ortho intramolecular Hbond substituents is 2. The van der Waals surface area contributed by atoms with Gasteiger partial charge in [-0.1, -0.05) is 6.07 Å². The molecule has 0 aliphatic heterocycles. The highest BCUT2D eigenvalue weighted by Gasteiger charge is 2.19. The summed E-state index contributed by atoms with van der Waals surface area (Å²) in [6.45, 7) is 3.31. The van der Waals surface area contributed by atoms with E-state index >= 15 is 0 Å². The summed E-state index contributed by atoms with van der Waals surface area (Å²) in [5.41, 5.74) is 1.10. The third-order valence-corrected chi connectivity index (χ3v) is 2.05. The first-order valence-electron chi connectivity index (χ1n) is 4.09. The van der Waals surface area contributed by atoms with Crippen LogP contribution in [0.5, 0.6) is 11.5 Å². The molecule has 4 nitrogen and oxygen atoms in total. The maximum Gasteiger partial charge on any atom is 0.342 e. The van der Waals surface area contributed by atoms with Crippen molar-refractivity contribution in [2.24, 2.45) is 0 Å². The van der Waals surface area contributed by atoms with Gasteiger partial charge in [-0.3, -0.25) is 0 Å². The Bertz CT molecular complexity index is 382. The summed E-state index contributed by atoms with van der Waals surface area (Å²) in [7, 11) is 1.22. The van der Waals surface area contributed by atoms with Gasteiger partial charge in [-0.15, -0.1) is 0 Å². The number of aromatic hydroxyl groups is 2. The number of esters is 1. The minimum absolute atomic E-state index is 0.00981. The average molecular weight is 196 g/mol. The van der Waals surface area contributed by atoms with Crippen molar-refractivity contribution in [1.29, 1.82) is 0 Å². The van der Waals surface area contributed by atoms with Crippen LogP contribution in [-0.4, -0.2) is 23.3 Å². The normalized spacial score (nSPS) is 9.93. The van der Waals surface area contributed by atoms with E-state index in [4.69, 9.17) is 0 Å². The molecule has 2 N–H and O–H groups in total. The Hall–Kier alpha value is -1.71. The van der Waals surface area contributed by atoms with Crippen molar-refractivity contribution in [2.75, 3.05) is 7.11 Å². The van der Waals surface area contributed by atoms with Crippen LogP contribution in [0.1, 0.15) is 21.5 Å². The molecular weight excluding hydrogens is 184 g/mol. The molecule has 0 aliphatic carbocycles. The molecule has 0 bridgehead atoms. The molecule has 1 aromatic carbocycles. The van der Waals surface area contributed by atoms with Crippen molar-refractivity contribution in [2.45, 2.75) is 13.8 Å². The average Bonchev–Trinajstić information content (AvgIpc) is 2.14. The first-order valence-corrected chi connectivity index (χ1v) is 4.09. The summed E-state index contributed by atoms with van der Waals surface area (Å²) in [6.07, 6.45) is 0. The molecule has 0 saturated heterocycles. The molecule has 0 unspecified atom stereocenters. The smallest absolute Gasteiger partial charge is 0.342 e. The van der Waals surface area contributed by atoms with Crippen molar-refractivity contribution in [3.8, 4) is 11.5 Å². The number of ether oxygens (including phenoxy) is 1. The van der Waals surface area contributed by atoms with Crippen LogP contribution in [0, 0.1) is 13.8 Å². The van der Waals surface area contributed by atoms with Gasteiger partial charge in [0.2, 0.25) is 0 Å². The highest BCUT2D eigenvalue weighted by Crippen LogP contribution is 2.34. The molecule has 0 heterocycles. The van der Waals surface area contributed by atoms with Crippen LogP contribution in [0.4, 0.5) is 0 Å². The van der Waals surface area contributed by atoms with Gasteiger partial charge in [0.25, 0.3) is 0 Å². The fourth-order valence-electron chi connectivity index (χ4n) is 1.32. The van der Waals surface area contributed by atoms with Crippen LogP contribution in [0.15, 0.2) is 6.07 Å². The Labute approximate surface area is 81.8 Å². The van der Waals surface area contributed by atoms with Gasteiger partial charge in [0.15, 0.2) is 11.5 Å². The molecule has 1 aromatic rings. The third-order valence-electron chi connectivity index (χ3n) is 2.05. The second-order valence-corrected chi connectivity index (χ2v) is 3.07.